The van der Waals surface area contributed by atoms with E-state index in [1.54, 1.807) is 55.5 Å². The standard InChI is InChI=1S/C24H22O4S3/c1-27-20-13-19-22(14-21(20)28-2)30-24(16-6-5-7-18(12-16)31(4,25)26)23(19)15-8-10-17(29-3)11-9-15/h5-14H,1-4H3. The van der Waals surface area contributed by atoms with E-state index in [0.29, 0.717) is 16.4 Å². The van der Waals surface area contributed by atoms with E-state index in [2.05, 4.69) is 24.3 Å². The van der Waals surface area contributed by atoms with E-state index in [1.807, 2.05) is 24.5 Å². The zero-order valence-electron chi connectivity index (χ0n) is 17.6. The summed E-state index contributed by atoms with van der Waals surface area (Å²) in [5.74, 6) is 1.32. The summed E-state index contributed by atoms with van der Waals surface area (Å²) in [6.07, 6.45) is 3.28. The summed E-state index contributed by atoms with van der Waals surface area (Å²) in [5, 5.41) is 1.04. The summed E-state index contributed by atoms with van der Waals surface area (Å²) in [6, 6.07) is 19.5. The van der Waals surface area contributed by atoms with Crippen molar-refractivity contribution in [2.24, 2.45) is 0 Å². The van der Waals surface area contributed by atoms with Gasteiger partial charge >= 0.3 is 0 Å². The van der Waals surface area contributed by atoms with Crippen LogP contribution < -0.4 is 9.47 Å². The first-order chi connectivity index (χ1) is 14.9. The molecule has 160 valence electrons. The molecule has 0 aliphatic rings. The maximum absolute atomic E-state index is 12.1. The van der Waals surface area contributed by atoms with Gasteiger partial charge in [-0.05, 0) is 47.7 Å². The summed E-state index contributed by atoms with van der Waals surface area (Å²) in [4.78, 5) is 2.50. The average molecular weight is 471 g/mol. The zero-order chi connectivity index (χ0) is 22.2. The minimum Gasteiger partial charge on any atom is -0.493 e. The Kier molecular flexibility index (Phi) is 6.01. The second-order valence-corrected chi connectivity index (χ2v) is 11.0. The molecule has 0 bridgehead atoms. The smallest absolute Gasteiger partial charge is 0.175 e. The second kappa shape index (κ2) is 8.57. The van der Waals surface area contributed by atoms with Crippen LogP contribution in [0.4, 0.5) is 0 Å². The number of fused-ring (bicyclic) bond motifs is 1. The Morgan fingerprint density at radius 1 is 0.871 bits per heavy atom. The minimum atomic E-state index is -3.31. The molecule has 0 atom stereocenters. The van der Waals surface area contributed by atoms with Crippen LogP contribution in [0.2, 0.25) is 0 Å². The van der Waals surface area contributed by atoms with Gasteiger partial charge in [0.1, 0.15) is 0 Å². The number of hydrogen-bond acceptors (Lipinski definition) is 6. The maximum Gasteiger partial charge on any atom is 0.175 e. The fourth-order valence-corrected chi connectivity index (χ4v) is 5.85. The monoisotopic (exact) mass is 470 g/mol. The normalized spacial score (nSPS) is 11.6. The van der Waals surface area contributed by atoms with E-state index in [-0.39, 0.29) is 0 Å². The summed E-state index contributed by atoms with van der Waals surface area (Å²) in [6.45, 7) is 0. The van der Waals surface area contributed by atoms with Gasteiger partial charge in [0, 0.05) is 37.7 Å². The third-order valence-corrected chi connectivity index (χ3v) is 8.15. The van der Waals surface area contributed by atoms with Gasteiger partial charge in [-0.25, -0.2) is 8.42 Å². The van der Waals surface area contributed by atoms with Crippen LogP contribution in [0.15, 0.2) is 70.5 Å². The number of methoxy groups -OCH3 is 2. The van der Waals surface area contributed by atoms with Crippen LogP contribution in [0.25, 0.3) is 31.7 Å². The van der Waals surface area contributed by atoms with E-state index in [4.69, 9.17) is 9.47 Å². The lowest BCUT2D eigenvalue weighted by molar-refractivity contribution is 0.356. The van der Waals surface area contributed by atoms with Crippen molar-refractivity contribution in [1.29, 1.82) is 0 Å². The molecule has 0 aliphatic carbocycles. The van der Waals surface area contributed by atoms with Crippen molar-refractivity contribution >= 4 is 43.0 Å². The molecule has 0 saturated heterocycles. The van der Waals surface area contributed by atoms with Crippen molar-refractivity contribution in [3.05, 3.63) is 60.7 Å². The molecule has 0 aliphatic heterocycles. The molecule has 4 rings (SSSR count). The van der Waals surface area contributed by atoms with Crippen LogP contribution in [0.5, 0.6) is 11.5 Å². The summed E-state index contributed by atoms with van der Waals surface area (Å²) >= 11 is 3.31. The van der Waals surface area contributed by atoms with E-state index in [0.717, 1.165) is 31.7 Å². The molecule has 0 spiro atoms. The molecular formula is C24H22O4S3. The van der Waals surface area contributed by atoms with Gasteiger partial charge in [-0.2, -0.15) is 0 Å². The molecule has 3 aromatic carbocycles. The molecule has 31 heavy (non-hydrogen) atoms. The van der Waals surface area contributed by atoms with E-state index in [9.17, 15) is 8.42 Å². The Hall–Kier alpha value is -2.48. The zero-order valence-corrected chi connectivity index (χ0v) is 20.1. The number of hydrogen-bond donors (Lipinski definition) is 0. The van der Waals surface area contributed by atoms with Gasteiger partial charge in [-0.15, -0.1) is 23.1 Å². The molecule has 0 saturated carbocycles. The largest absolute Gasteiger partial charge is 0.493 e. The average Bonchev–Trinajstić information content (AvgIpc) is 3.16. The van der Waals surface area contributed by atoms with Crippen molar-refractivity contribution in [2.45, 2.75) is 9.79 Å². The highest BCUT2D eigenvalue weighted by atomic mass is 32.2. The van der Waals surface area contributed by atoms with Gasteiger partial charge in [0.05, 0.1) is 19.1 Å². The van der Waals surface area contributed by atoms with Crippen LogP contribution in [-0.2, 0) is 9.84 Å². The first-order valence-corrected chi connectivity index (χ1v) is 13.4. The maximum atomic E-state index is 12.1. The van der Waals surface area contributed by atoms with Crippen LogP contribution in [0.3, 0.4) is 0 Å². The van der Waals surface area contributed by atoms with Crippen LogP contribution in [0, 0.1) is 0 Å². The molecule has 0 fully saturated rings. The minimum absolute atomic E-state index is 0.307. The highest BCUT2D eigenvalue weighted by Gasteiger charge is 2.20. The molecule has 4 aromatic rings. The Morgan fingerprint density at radius 3 is 2.16 bits per heavy atom. The second-order valence-electron chi connectivity index (χ2n) is 7.04. The molecule has 1 heterocycles. The Bertz CT molecular complexity index is 1350. The predicted molar refractivity (Wildman–Crippen MR) is 131 cm³/mol. The summed E-state index contributed by atoms with van der Waals surface area (Å²) < 4.78 is 36.4. The van der Waals surface area contributed by atoms with Gasteiger partial charge in [-0.3, -0.25) is 0 Å². The molecule has 1 aromatic heterocycles. The number of benzene rings is 3. The third-order valence-electron chi connectivity index (χ3n) is 5.10. The molecule has 4 nitrogen and oxygen atoms in total. The molecule has 0 unspecified atom stereocenters. The molecule has 0 radical (unpaired) electrons. The number of thioether (sulfide) groups is 1. The third kappa shape index (κ3) is 4.18. The Balaban J connectivity index is 2.04. The van der Waals surface area contributed by atoms with Gasteiger partial charge in [0.2, 0.25) is 0 Å². The molecule has 0 N–H and O–H groups in total. The lowest BCUT2D eigenvalue weighted by atomic mass is 9.98. The van der Waals surface area contributed by atoms with E-state index in [1.165, 1.54) is 11.2 Å². The van der Waals surface area contributed by atoms with Gasteiger partial charge in [-0.1, -0.05) is 24.3 Å². The molecular weight excluding hydrogens is 448 g/mol. The lowest BCUT2D eigenvalue weighted by Crippen LogP contribution is -1.96. The molecule has 0 amide bonds. The van der Waals surface area contributed by atoms with Gasteiger partial charge in [0.25, 0.3) is 0 Å². The predicted octanol–water partition coefficient (Wildman–Crippen LogP) is 6.38. The number of sulfone groups is 1. The topological polar surface area (TPSA) is 52.6 Å². The fraction of sp³-hybridized carbons (Fsp3) is 0.167. The number of ether oxygens (including phenoxy) is 2. The Labute approximate surface area is 190 Å². The van der Waals surface area contributed by atoms with Crippen LogP contribution in [0.1, 0.15) is 0 Å². The van der Waals surface area contributed by atoms with Crippen molar-refractivity contribution in [3.8, 4) is 33.1 Å². The van der Waals surface area contributed by atoms with Crippen molar-refractivity contribution in [3.63, 3.8) is 0 Å². The quantitative estimate of drug-likeness (QED) is 0.306. The first kappa shape index (κ1) is 21.7. The van der Waals surface area contributed by atoms with Crippen LogP contribution in [-0.4, -0.2) is 35.1 Å². The number of rotatable bonds is 6. The van der Waals surface area contributed by atoms with Crippen molar-refractivity contribution < 1.29 is 17.9 Å². The number of thiophene rings is 1. The molecule has 7 heteroatoms. The first-order valence-electron chi connectivity index (χ1n) is 9.49. The van der Waals surface area contributed by atoms with Crippen molar-refractivity contribution in [2.75, 3.05) is 26.7 Å². The van der Waals surface area contributed by atoms with Gasteiger partial charge in [0.15, 0.2) is 21.3 Å². The lowest BCUT2D eigenvalue weighted by Gasteiger charge is -2.10. The van der Waals surface area contributed by atoms with E-state index < -0.39 is 9.84 Å². The Morgan fingerprint density at radius 2 is 1.55 bits per heavy atom. The van der Waals surface area contributed by atoms with Gasteiger partial charge < -0.3 is 9.47 Å². The SMILES string of the molecule is COc1cc2sc(-c3cccc(S(C)(=O)=O)c3)c(-c3ccc(SC)cc3)c2cc1OC. The highest BCUT2D eigenvalue weighted by Crippen LogP contribution is 2.48. The van der Waals surface area contributed by atoms with E-state index >= 15 is 0 Å². The highest BCUT2D eigenvalue weighted by molar-refractivity contribution is 7.98. The fourth-order valence-electron chi connectivity index (χ4n) is 3.54. The summed E-state index contributed by atoms with van der Waals surface area (Å²) in [7, 11) is -0.0640. The van der Waals surface area contributed by atoms with Crippen LogP contribution >= 0.6 is 23.1 Å². The van der Waals surface area contributed by atoms with Crippen molar-refractivity contribution in [1.82, 2.24) is 0 Å². The summed E-state index contributed by atoms with van der Waals surface area (Å²) in [5.41, 5.74) is 2.99.